The van der Waals surface area contributed by atoms with Crippen LogP contribution in [-0.2, 0) is 4.79 Å². The van der Waals surface area contributed by atoms with Gasteiger partial charge in [0, 0.05) is 4.90 Å². The third kappa shape index (κ3) is 4.16. The topological polar surface area (TPSA) is 29.1 Å². The lowest BCUT2D eigenvalue weighted by Gasteiger charge is -2.11. The van der Waals surface area contributed by atoms with Gasteiger partial charge in [0.1, 0.15) is 0 Å². The van der Waals surface area contributed by atoms with Crippen LogP contribution >= 0.6 is 11.8 Å². The fraction of sp³-hybridized carbons (Fsp3) is 0.357. The van der Waals surface area contributed by atoms with Crippen LogP contribution in [0.25, 0.3) is 0 Å². The molecule has 0 aromatic heterocycles. The van der Waals surface area contributed by atoms with E-state index in [2.05, 4.69) is 37.2 Å². The highest BCUT2D eigenvalue weighted by Crippen LogP contribution is 2.25. The number of hydrogen-bond acceptors (Lipinski definition) is 2. The van der Waals surface area contributed by atoms with E-state index in [1.165, 1.54) is 11.1 Å². The second kappa shape index (κ2) is 6.36. The molecule has 1 unspecified atom stereocenters. The minimum atomic E-state index is -0.134. The number of rotatable bonds is 4. The van der Waals surface area contributed by atoms with Crippen molar-refractivity contribution in [2.45, 2.75) is 30.9 Å². The maximum absolute atomic E-state index is 11.6. The van der Waals surface area contributed by atoms with E-state index in [1.807, 2.05) is 13.0 Å². The molecule has 17 heavy (non-hydrogen) atoms. The maximum atomic E-state index is 11.6. The summed E-state index contributed by atoms with van der Waals surface area (Å²) in [5.74, 6) is 2.37. The first-order chi connectivity index (χ1) is 8.04. The van der Waals surface area contributed by atoms with Crippen LogP contribution in [0.4, 0.5) is 0 Å². The maximum Gasteiger partial charge on any atom is 0.233 e. The lowest BCUT2D eigenvalue weighted by Crippen LogP contribution is -2.31. The molecule has 3 heteroatoms. The fourth-order valence-electron chi connectivity index (χ4n) is 1.33. The number of hydrogen-bond donors (Lipinski definition) is 1. The van der Waals surface area contributed by atoms with Crippen LogP contribution in [0.3, 0.4) is 0 Å². The zero-order chi connectivity index (χ0) is 12.8. The summed E-state index contributed by atoms with van der Waals surface area (Å²) in [6, 6.07) is 6.21. The Morgan fingerprint density at radius 1 is 1.47 bits per heavy atom. The smallest absolute Gasteiger partial charge is 0.233 e. The van der Waals surface area contributed by atoms with E-state index >= 15 is 0 Å². The Morgan fingerprint density at radius 3 is 2.76 bits per heavy atom. The number of amides is 1. The third-order valence-electron chi connectivity index (χ3n) is 2.53. The van der Waals surface area contributed by atoms with E-state index < -0.39 is 0 Å². The number of nitrogens with one attached hydrogen (secondary N) is 1. The molecule has 2 nitrogen and oxygen atoms in total. The lowest BCUT2D eigenvalue weighted by atomic mass is 10.1. The number of terminal acetylenes is 1. The fourth-order valence-corrected chi connectivity index (χ4v) is 2.32. The van der Waals surface area contributed by atoms with Gasteiger partial charge in [-0.1, -0.05) is 12.0 Å². The predicted octanol–water partition coefficient (Wildman–Crippen LogP) is 2.53. The van der Waals surface area contributed by atoms with E-state index in [0.29, 0.717) is 0 Å². The highest BCUT2D eigenvalue weighted by Gasteiger charge is 2.13. The van der Waals surface area contributed by atoms with E-state index in [0.717, 1.165) is 4.90 Å². The van der Waals surface area contributed by atoms with Crippen LogP contribution in [0.15, 0.2) is 23.1 Å². The summed E-state index contributed by atoms with van der Waals surface area (Å²) >= 11 is 1.54. The molecule has 0 aliphatic rings. The predicted molar refractivity (Wildman–Crippen MR) is 73.1 cm³/mol. The van der Waals surface area contributed by atoms with Crippen molar-refractivity contribution in [3.05, 3.63) is 29.3 Å². The molecule has 1 rings (SSSR count). The molecule has 1 amide bonds. The molecular formula is C14H17NOS. The normalized spacial score (nSPS) is 11.6. The molecule has 1 N–H and O–H groups in total. The third-order valence-corrected chi connectivity index (χ3v) is 3.62. The Hall–Kier alpha value is -1.40. The molecule has 1 aromatic carbocycles. The number of benzene rings is 1. The SMILES string of the molecule is C#CCNC(=O)C(C)Sc1ccc(C)c(C)c1. The largest absolute Gasteiger partial charge is 0.344 e. The average molecular weight is 247 g/mol. The molecule has 0 radical (unpaired) electrons. The molecule has 1 atom stereocenters. The van der Waals surface area contributed by atoms with Gasteiger partial charge in [-0.15, -0.1) is 18.2 Å². The average Bonchev–Trinajstić information content (AvgIpc) is 2.30. The minimum absolute atomic E-state index is 0.0221. The van der Waals surface area contributed by atoms with Crippen molar-refractivity contribution in [1.29, 1.82) is 0 Å². The molecule has 0 aliphatic carbocycles. The first-order valence-corrected chi connectivity index (χ1v) is 6.37. The molecule has 0 fully saturated rings. The van der Waals surface area contributed by atoms with Gasteiger partial charge in [0.05, 0.1) is 11.8 Å². The Morgan fingerprint density at radius 2 is 2.18 bits per heavy atom. The van der Waals surface area contributed by atoms with Gasteiger partial charge in [0.25, 0.3) is 0 Å². The van der Waals surface area contributed by atoms with Gasteiger partial charge >= 0.3 is 0 Å². The van der Waals surface area contributed by atoms with Gasteiger partial charge in [-0.3, -0.25) is 4.79 Å². The van der Waals surface area contributed by atoms with Gasteiger partial charge < -0.3 is 5.32 Å². The highest BCUT2D eigenvalue weighted by atomic mass is 32.2. The molecule has 1 aromatic rings. The summed E-state index contributed by atoms with van der Waals surface area (Å²) in [7, 11) is 0. The van der Waals surface area contributed by atoms with Crippen LogP contribution in [0.2, 0.25) is 0 Å². The number of thioether (sulfide) groups is 1. The first-order valence-electron chi connectivity index (χ1n) is 5.49. The quantitative estimate of drug-likeness (QED) is 0.654. The second-order valence-electron chi connectivity index (χ2n) is 3.93. The second-order valence-corrected chi connectivity index (χ2v) is 5.34. The summed E-state index contributed by atoms with van der Waals surface area (Å²) in [4.78, 5) is 12.7. The standard InChI is InChI=1S/C14H17NOS/c1-5-8-15-14(16)12(4)17-13-7-6-10(2)11(3)9-13/h1,6-7,9,12H,8H2,2-4H3,(H,15,16). The molecule has 0 saturated carbocycles. The summed E-state index contributed by atoms with van der Waals surface area (Å²) in [6.07, 6.45) is 5.09. The molecule has 0 saturated heterocycles. The van der Waals surface area contributed by atoms with Crippen molar-refractivity contribution in [2.75, 3.05) is 6.54 Å². The van der Waals surface area contributed by atoms with E-state index in [4.69, 9.17) is 6.42 Å². The Kier molecular flexibility index (Phi) is 5.11. The molecule has 0 heterocycles. The van der Waals surface area contributed by atoms with E-state index in [9.17, 15) is 4.79 Å². The lowest BCUT2D eigenvalue weighted by molar-refractivity contribution is -0.120. The van der Waals surface area contributed by atoms with Gasteiger partial charge in [0.15, 0.2) is 0 Å². The summed E-state index contributed by atoms with van der Waals surface area (Å²) < 4.78 is 0. The monoisotopic (exact) mass is 247 g/mol. The molecule has 0 spiro atoms. The van der Waals surface area contributed by atoms with E-state index in [1.54, 1.807) is 11.8 Å². The summed E-state index contributed by atoms with van der Waals surface area (Å²) in [5, 5.41) is 2.55. The molecule has 0 aliphatic heterocycles. The summed E-state index contributed by atoms with van der Waals surface area (Å²) in [6.45, 7) is 6.32. The van der Waals surface area contributed by atoms with Crippen LogP contribution in [0, 0.1) is 26.2 Å². The minimum Gasteiger partial charge on any atom is -0.344 e. The zero-order valence-corrected chi connectivity index (χ0v) is 11.2. The van der Waals surface area contributed by atoms with Crippen LogP contribution in [-0.4, -0.2) is 17.7 Å². The highest BCUT2D eigenvalue weighted by molar-refractivity contribution is 8.00. The molecular weight excluding hydrogens is 230 g/mol. The van der Waals surface area contributed by atoms with Gasteiger partial charge in [-0.2, -0.15) is 0 Å². The van der Waals surface area contributed by atoms with Crippen molar-refractivity contribution < 1.29 is 4.79 Å². The van der Waals surface area contributed by atoms with Gasteiger partial charge in [0.2, 0.25) is 5.91 Å². The van der Waals surface area contributed by atoms with Crippen LogP contribution < -0.4 is 5.32 Å². The first kappa shape index (κ1) is 13.7. The van der Waals surface area contributed by atoms with Gasteiger partial charge in [-0.25, -0.2) is 0 Å². The molecule has 0 bridgehead atoms. The summed E-state index contributed by atoms with van der Waals surface area (Å²) in [5.41, 5.74) is 2.50. The van der Waals surface area contributed by atoms with Crippen molar-refractivity contribution in [3.8, 4) is 12.3 Å². The van der Waals surface area contributed by atoms with Crippen molar-refractivity contribution in [1.82, 2.24) is 5.32 Å². The number of carbonyl (C=O) groups is 1. The Labute approximate surface area is 107 Å². The van der Waals surface area contributed by atoms with Gasteiger partial charge in [-0.05, 0) is 44.0 Å². The Bertz CT molecular complexity index is 448. The molecule has 90 valence electrons. The van der Waals surface area contributed by atoms with Crippen LogP contribution in [0.1, 0.15) is 18.1 Å². The zero-order valence-electron chi connectivity index (χ0n) is 10.4. The number of carbonyl (C=O) groups excluding carboxylic acids is 1. The van der Waals surface area contributed by atoms with Crippen LogP contribution in [0.5, 0.6) is 0 Å². The van der Waals surface area contributed by atoms with Crippen molar-refractivity contribution in [3.63, 3.8) is 0 Å². The Balaban J connectivity index is 2.62. The van der Waals surface area contributed by atoms with Crippen molar-refractivity contribution in [2.24, 2.45) is 0 Å². The number of aryl methyl sites for hydroxylation is 2. The van der Waals surface area contributed by atoms with Crippen molar-refractivity contribution >= 4 is 17.7 Å². The van der Waals surface area contributed by atoms with E-state index in [-0.39, 0.29) is 17.7 Å².